The molecule has 0 aromatic heterocycles. The highest BCUT2D eigenvalue weighted by Crippen LogP contribution is 2.27. The Morgan fingerprint density at radius 1 is 0.964 bits per heavy atom. The fraction of sp³-hybridized carbons (Fsp3) is 0.667. The summed E-state index contributed by atoms with van der Waals surface area (Å²) in [6, 6.07) is 5.90. The number of rotatable bonds is 13. The maximum absolute atomic E-state index is 5.36. The van der Waals surface area contributed by atoms with Crippen LogP contribution in [0.3, 0.4) is 0 Å². The summed E-state index contributed by atoms with van der Waals surface area (Å²) < 4.78 is 10.6. The van der Waals surface area contributed by atoms with Crippen molar-refractivity contribution in [1.82, 2.24) is 15.5 Å². The van der Waals surface area contributed by atoms with Gasteiger partial charge in [-0.2, -0.15) is 0 Å². The maximum atomic E-state index is 5.36. The summed E-state index contributed by atoms with van der Waals surface area (Å²) in [6.07, 6.45) is 6.33. The Bertz CT molecular complexity index is 553. The van der Waals surface area contributed by atoms with Crippen molar-refractivity contribution in [2.45, 2.75) is 45.6 Å². The molecule has 2 N–H and O–H groups in total. The predicted molar refractivity (Wildman–Crippen MR) is 129 cm³/mol. The van der Waals surface area contributed by atoms with Gasteiger partial charge in [0.05, 0.1) is 20.8 Å². The van der Waals surface area contributed by atoms with E-state index in [2.05, 4.69) is 41.5 Å². The van der Waals surface area contributed by atoms with Gasteiger partial charge < -0.3 is 25.0 Å². The molecule has 1 aromatic carbocycles. The Hall–Kier alpha value is -1.22. The van der Waals surface area contributed by atoms with Crippen LogP contribution in [-0.2, 0) is 6.54 Å². The van der Waals surface area contributed by atoms with Crippen LogP contribution in [-0.4, -0.2) is 58.8 Å². The third kappa shape index (κ3) is 11.6. The third-order valence-corrected chi connectivity index (χ3v) is 4.29. The summed E-state index contributed by atoms with van der Waals surface area (Å²) in [7, 11) is 7.56. The lowest BCUT2D eigenvalue weighted by Crippen LogP contribution is -2.37. The molecule has 162 valence electrons. The van der Waals surface area contributed by atoms with Crippen LogP contribution in [0.5, 0.6) is 11.5 Å². The molecule has 7 heteroatoms. The highest BCUT2D eigenvalue weighted by atomic mass is 127. The number of hydrogen-bond acceptors (Lipinski definition) is 4. The van der Waals surface area contributed by atoms with E-state index in [1.54, 1.807) is 14.2 Å². The number of nitrogens with one attached hydrogen (secondary N) is 2. The number of hydrogen-bond donors (Lipinski definition) is 2. The minimum absolute atomic E-state index is 0. The zero-order valence-electron chi connectivity index (χ0n) is 18.2. The first kappa shape index (κ1) is 26.8. The Morgan fingerprint density at radius 2 is 1.64 bits per heavy atom. The van der Waals surface area contributed by atoms with Crippen LogP contribution in [0.25, 0.3) is 0 Å². The normalized spacial score (nSPS) is 11.1. The van der Waals surface area contributed by atoms with Crippen molar-refractivity contribution < 1.29 is 9.47 Å². The number of unbranched alkanes of at least 4 members (excludes halogenated alkanes) is 4. The van der Waals surface area contributed by atoms with E-state index in [0.29, 0.717) is 6.54 Å². The number of guanidine groups is 1. The minimum atomic E-state index is 0. The first-order valence-electron chi connectivity index (χ1n) is 9.98. The van der Waals surface area contributed by atoms with E-state index in [1.807, 2.05) is 18.2 Å². The Labute approximate surface area is 188 Å². The first-order chi connectivity index (χ1) is 13.1. The van der Waals surface area contributed by atoms with E-state index in [-0.39, 0.29) is 24.0 Å². The van der Waals surface area contributed by atoms with E-state index < -0.39 is 0 Å². The fourth-order valence-electron chi connectivity index (χ4n) is 2.78. The average Bonchev–Trinajstić information content (AvgIpc) is 2.67. The number of ether oxygens (including phenoxy) is 2. The second-order valence-corrected chi connectivity index (χ2v) is 6.88. The smallest absolute Gasteiger partial charge is 0.191 e. The number of halogens is 1. The zero-order valence-corrected chi connectivity index (χ0v) is 20.5. The predicted octanol–water partition coefficient (Wildman–Crippen LogP) is 3.89. The molecule has 0 aliphatic carbocycles. The quantitative estimate of drug-likeness (QED) is 0.184. The molecule has 0 aliphatic rings. The Balaban J connectivity index is 0.00000729. The first-order valence-corrected chi connectivity index (χ1v) is 9.98. The molecular formula is C21H39IN4O2. The molecule has 0 bridgehead atoms. The van der Waals surface area contributed by atoms with Gasteiger partial charge in [-0.15, -0.1) is 24.0 Å². The summed E-state index contributed by atoms with van der Waals surface area (Å²) in [6.45, 7) is 5.66. The molecule has 28 heavy (non-hydrogen) atoms. The van der Waals surface area contributed by atoms with E-state index >= 15 is 0 Å². The van der Waals surface area contributed by atoms with Crippen molar-refractivity contribution in [3.05, 3.63) is 23.8 Å². The van der Waals surface area contributed by atoms with E-state index in [0.717, 1.165) is 36.1 Å². The van der Waals surface area contributed by atoms with Crippen LogP contribution < -0.4 is 20.1 Å². The summed E-state index contributed by atoms with van der Waals surface area (Å²) in [5.74, 6) is 2.33. The lowest BCUT2D eigenvalue weighted by molar-refractivity contribution is 0.354. The van der Waals surface area contributed by atoms with Crippen molar-refractivity contribution >= 4 is 29.9 Å². The molecule has 6 nitrogen and oxygen atoms in total. The highest BCUT2D eigenvalue weighted by molar-refractivity contribution is 14.0. The van der Waals surface area contributed by atoms with Gasteiger partial charge in [-0.3, -0.25) is 0 Å². The topological polar surface area (TPSA) is 58.1 Å². The number of nitrogens with zero attached hydrogens (tertiary/aromatic N) is 2. The fourth-order valence-corrected chi connectivity index (χ4v) is 2.78. The van der Waals surface area contributed by atoms with Crippen LogP contribution >= 0.6 is 24.0 Å². The van der Waals surface area contributed by atoms with Gasteiger partial charge in [-0.25, -0.2) is 4.99 Å². The van der Waals surface area contributed by atoms with E-state index in [4.69, 9.17) is 9.47 Å². The van der Waals surface area contributed by atoms with Gasteiger partial charge in [0.1, 0.15) is 0 Å². The van der Waals surface area contributed by atoms with Gasteiger partial charge in [0.25, 0.3) is 0 Å². The van der Waals surface area contributed by atoms with Crippen LogP contribution in [0.15, 0.2) is 23.2 Å². The maximum Gasteiger partial charge on any atom is 0.191 e. The number of aliphatic imine (C=N–C) groups is 1. The van der Waals surface area contributed by atoms with Gasteiger partial charge in [0.2, 0.25) is 0 Å². The zero-order chi connectivity index (χ0) is 19.9. The second-order valence-electron chi connectivity index (χ2n) is 6.88. The summed E-state index contributed by atoms with van der Waals surface area (Å²) in [5.41, 5.74) is 1.09. The van der Waals surface area contributed by atoms with E-state index in [9.17, 15) is 0 Å². The molecule has 0 atom stereocenters. The number of methoxy groups -OCH3 is 2. The van der Waals surface area contributed by atoms with Crippen LogP contribution in [0, 0.1) is 0 Å². The molecule has 0 unspecified atom stereocenters. The SMILES string of the molecule is CCNC(=NCc1ccc(OC)c(OC)c1)NCCCCCCCN(C)C.I. The Morgan fingerprint density at radius 3 is 2.29 bits per heavy atom. The van der Waals surface area contributed by atoms with Gasteiger partial charge in [-0.05, 0) is 58.1 Å². The molecule has 0 saturated carbocycles. The van der Waals surface area contributed by atoms with Crippen molar-refractivity contribution in [1.29, 1.82) is 0 Å². The molecule has 1 rings (SSSR count). The molecule has 0 heterocycles. The minimum Gasteiger partial charge on any atom is -0.493 e. The molecule has 0 spiro atoms. The highest BCUT2D eigenvalue weighted by Gasteiger charge is 2.04. The van der Waals surface area contributed by atoms with E-state index in [1.165, 1.54) is 38.6 Å². The van der Waals surface area contributed by atoms with Gasteiger partial charge in [0, 0.05) is 13.1 Å². The number of benzene rings is 1. The van der Waals surface area contributed by atoms with Crippen LogP contribution in [0.1, 0.15) is 44.6 Å². The summed E-state index contributed by atoms with van der Waals surface area (Å²) >= 11 is 0. The third-order valence-electron chi connectivity index (χ3n) is 4.29. The van der Waals surface area contributed by atoms with Crippen LogP contribution in [0.4, 0.5) is 0 Å². The van der Waals surface area contributed by atoms with Gasteiger partial charge >= 0.3 is 0 Å². The Kier molecular flexibility index (Phi) is 16.0. The van der Waals surface area contributed by atoms with Gasteiger partial charge in [0.15, 0.2) is 17.5 Å². The standard InChI is InChI=1S/C21H38N4O2.HI/c1-6-22-21(23-14-10-8-7-9-11-15-25(2)3)24-17-18-12-13-19(26-4)20(16-18)27-5;/h12-13,16H,6-11,14-15,17H2,1-5H3,(H2,22,23,24);1H. The monoisotopic (exact) mass is 506 g/mol. The average molecular weight is 506 g/mol. The van der Waals surface area contributed by atoms with Crippen molar-refractivity contribution in [2.24, 2.45) is 4.99 Å². The van der Waals surface area contributed by atoms with Crippen LogP contribution in [0.2, 0.25) is 0 Å². The van der Waals surface area contributed by atoms with Gasteiger partial charge in [-0.1, -0.05) is 25.3 Å². The molecule has 0 saturated heterocycles. The largest absolute Gasteiger partial charge is 0.493 e. The van der Waals surface area contributed by atoms with Crippen molar-refractivity contribution in [2.75, 3.05) is 47.9 Å². The molecular weight excluding hydrogens is 467 g/mol. The lowest BCUT2D eigenvalue weighted by atomic mass is 10.1. The molecule has 0 radical (unpaired) electrons. The van der Waals surface area contributed by atoms with Crippen molar-refractivity contribution in [3.63, 3.8) is 0 Å². The van der Waals surface area contributed by atoms with Crippen molar-refractivity contribution in [3.8, 4) is 11.5 Å². The molecule has 0 aliphatic heterocycles. The summed E-state index contributed by atoms with van der Waals surface area (Å²) in [5, 5.41) is 6.73. The lowest BCUT2D eigenvalue weighted by Gasteiger charge is -2.12. The molecule has 1 aromatic rings. The molecule has 0 amide bonds. The summed E-state index contributed by atoms with van der Waals surface area (Å²) in [4.78, 5) is 6.92. The second kappa shape index (κ2) is 16.7. The molecule has 0 fully saturated rings.